The van der Waals surface area contributed by atoms with E-state index in [2.05, 4.69) is 22.3 Å². The first kappa shape index (κ1) is 27.8. The first-order valence-electron chi connectivity index (χ1n) is 13.0. The predicted molar refractivity (Wildman–Crippen MR) is 143 cm³/mol. The molecule has 2 amide bonds. The van der Waals surface area contributed by atoms with Crippen molar-refractivity contribution in [2.45, 2.75) is 75.5 Å². The summed E-state index contributed by atoms with van der Waals surface area (Å²) in [7, 11) is -3.76. The van der Waals surface area contributed by atoms with E-state index in [-0.39, 0.29) is 34.4 Å². The molecule has 0 aromatic heterocycles. The summed E-state index contributed by atoms with van der Waals surface area (Å²) in [6.07, 6.45) is 4.75. The molecule has 3 N–H and O–H groups in total. The Morgan fingerprint density at radius 1 is 1.05 bits per heavy atom. The van der Waals surface area contributed by atoms with Crippen molar-refractivity contribution in [1.82, 2.24) is 10.6 Å². The van der Waals surface area contributed by atoms with Gasteiger partial charge in [-0.15, -0.1) is 0 Å². The Kier molecular flexibility index (Phi) is 8.52. The summed E-state index contributed by atoms with van der Waals surface area (Å²) in [6.45, 7) is 3.99. The number of ketones is 1. The van der Waals surface area contributed by atoms with Crippen molar-refractivity contribution in [3.05, 3.63) is 60.2 Å². The second-order valence-electron chi connectivity index (χ2n) is 10.5. The number of carbonyl (C=O) groups is 3. The van der Waals surface area contributed by atoms with Crippen LogP contribution in [-0.4, -0.2) is 50.8 Å². The van der Waals surface area contributed by atoms with Crippen LogP contribution in [-0.2, 0) is 24.3 Å². The molecule has 1 saturated heterocycles. The van der Waals surface area contributed by atoms with Gasteiger partial charge in [0.1, 0.15) is 18.7 Å². The molecule has 1 saturated carbocycles. The molecule has 2 fully saturated rings. The van der Waals surface area contributed by atoms with Crippen molar-refractivity contribution in [3.8, 4) is 0 Å². The number of sulfonamides is 1. The van der Waals surface area contributed by atoms with E-state index in [1.807, 2.05) is 6.92 Å². The van der Waals surface area contributed by atoms with Crippen LogP contribution in [0.3, 0.4) is 0 Å². The minimum Gasteiger partial charge on any atom is -0.368 e. The summed E-state index contributed by atoms with van der Waals surface area (Å²) in [6, 6.07) is 12.5. The normalized spacial score (nSPS) is 21.6. The zero-order valence-electron chi connectivity index (χ0n) is 21.7. The van der Waals surface area contributed by atoms with Gasteiger partial charge in [0.25, 0.3) is 15.9 Å². The van der Waals surface area contributed by atoms with Crippen molar-refractivity contribution in [3.63, 3.8) is 0 Å². The Morgan fingerprint density at radius 3 is 2.34 bits per heavy atom. The molecular formula is C28H35N3O6S. The lowest BCUT2D eigenvalue weighted by Crippen LogP contribution is -2.54. The molecule has 3 atom stereocenters. The van der Waals surface area contributed by atoms with Gasteiger partial charge in [0.2, 0.25) is 5.91 Å². The molecule has 0 unspecified atom stereocenters. The van der Waals surface area contributed by atoms with Gasteiger partial charge in [-0.2, -0.15) is 0 Å². The van der Waals surface area contributed by atoms with E-state index in [4.69, 9.17) is 4.74 Å². The Balaban J connectivity index is 1.46. The molecule has 4 rings (SSSR count). The Bertz CT molecular complexity index is 1260. The lowest BCUT2D eigenvalue weighted by molar-refractivity contribution is -0.128. The number of amides is 2. The van der Waals surface area contributed by atoms with Crippen LogP contribution in [0.4, 0.5) is 5.69 Å². The molecule has 10 heteroatoms. The van der Waals surface area contributed by atoms with E-state index in [1.165, 1.54) is 36.4 Å². The molecule has 1 aliphatic heterocycles. The Labute approximate surface area is 223 Å². The van der Waals surface area contributed by atoms with Crippen LogP contribution in [0.1, 0.15) is 62.7 Å². The van der Waals surface area contributed by atoms with Gasteiger partial charge < -0.3 is 15.4 Å². The van der Waals surface area contributed by atoms with Crippen molar-refractivity contribution in [2.75, 3.05) is 11.3 Å². The molecule has 9 nitrogen and oxygen atoms in total. The standard InChI is InChI=1S/C28H35N3O6S/c1-3-24-25(23(32)18-37-24)30-27(34)22(17-28(2)15-7-8-16-28)29-26(33)19-11-13-20(14-12-19)31-38(35,36)21-9-5-4-6-10-21/h4-6,9-14,22,24-25,31H,3,7-8,15-18H2,1-2H3,(H,29,33)(H,30,34)/t22-,24-,25+/m0/s1. The zero-order chi connectivity index (χ0) is 27.3. The highest BCUT2D eigenvalue weighted by atomic mass is 32.2. The second-order valence-corrected chi connectivity index (χ2v) is 12.1. The van der Waals surface area contributed by atoms with Gasteiger partial charge in [0.05, 0.1) is 11.0 Å². The third-order valence-electron chi connectivity index (χ3n) is 7.44. The van der Waals surface area contributed by atoms with E-state index in [0.717, 1.165) is 25.7 Å². The molecule has 2 aromatic rings. The van der Waals surface area contributed by atoms with Crippen LogP contribution in [0.5, 0.6) is 0 Å². The average molecular weight is 542 g/mol. The number of rotatable bonds is 10. The lowest BCUT2D eigenvalue weighted by Gasteiger charge is -2.30. The monoisotopic (exact) mass is 541 g/mol. The van der Waals surface area contributed by atoms with Crippen LogP contribution < -0.4 is 15.4 Å². The van der Waals surface area contributed by atoms with Crippen LogP contribution in [0, 0.1) is 5.41 Å². The largest absolute Gasteiger partial charge is 0.368 e. The average Bonchev–Trinajstić information content (AvgIpc) is 3.49. The zero-order valence-corrected chi connectivity index (χ0v) is 22.6. The van der Waals surface area contributed by atoms with Crippen molar-refractivity contribution in [2.24, 2.45) is 5.41 Å². The summed E-state index contributed by atoms with van der Waals surface area (Å²) < 4.78 is 33.1. The quantitative estimate of drug-likeness (QED) is 0.423. The number of carbonyl (C=O) groups excluding carboxylic acids is 3. The molecule has 0 bridgehead atoms. The SMILES string of the molecule is CC[C@@H]1OCC(=O)[C@H]1NC(=O)[C@H](CC1(C)CCCC1)NC(=O)c1ccc(NS(=O)(=O)c2ccccc2)cc1. The number of hydrogen-bond donors (Lipinski definition) is 3. The fourth-order valence-electron chi connectivity index (χ4n) is 5.24. The molecule has 1 heterocycles. The number of anilines is 1. The highest BCUT2D eigenvalue weighted by Crippen LogP contribution is 2.41. The maximum atomic E-state index is 13.3. The molecule has 0 radical (unpaired) electrons. The van der Waals surface area contributed by atoms with Crippen LogP contribution in [0.25, 0.3) is 0 Å². The molecule has 2 aliphatic rings. The number of hydrogen-bond acceptors (Lipinski definition) is 6. The molecule has 1 aliphatic carbocycles. The lowest BCUT2D eigenvalue weighted by atomic mass is 9.81. The summed E-state index contributed by atoms with van der Waals surface area (Å²) >= 11 is 0. The minimum absolute atomic E-state index is 0.0292. The van der Waals surface area contributed by atoms with Crippen molar-refractivity contribution < 1.29 is 27.5 Å². The Hall–Kier alpha value is -3.24. The van der Waals surface area contributed by atoms with Gasteiger partial charge in [0, 0.05) is 11.3 Å². The third-order valence-corrected chi connectivity index (χ3v) is 8.84. The van der Waals surface area contributed by atoms with Gasteiger partial charge >= 0.3 is 0 Å². The van der Waals surface area contributed by atoms with Gasteiger partial charge in [-0.25, -0.2) is 8.42 Å². The summed E-state index contributed by atoms with van der Waals surface area (Å²) in [4.78, 5) is 38.9. The van der Waals surface area contributed by atoms with Crippen molar-refractivity contribution in [1.29, 1.82) is 0 Å². The maximum Gasteiger partial charge on any atom is 0.261 e. The van der Waals surface area contributed by atoms with Gasteiger partial charge in [-0.05, 0) is 67.5 Å². The number of benzene rings is 2. The van der Waals surface area contributed by atoms with E-state index >= 15 is 0 Å². The number of Topliss-reactive ketones (excluding diaryl/α,β-unsaturated/α-hetero) is 1. The van der Waals surface area contributed by atoms with Crippen LogP contribution in [0.15, 0.2) is 59.5 Å². The highest BCUT2D eigenvalue weighted by molar-refractivity contribution is 7.92. The third kappa shape index (κ3) is 6.60. The van der Waals surface area contributed by atoms with E-state index in [9.17, 15) is 22.8 Å². The first-order chi connectivity index (χ1) is 18.1. The molecule has 38 heavy (non-hydrogen) atoms. The van der Waals surface area contributed by atoms with Crippen LogP contribution >= 0.6 is 0 Å². The molecule has 204 valence electrons. The molecular weight excluding hydrogens is 506 g/mol. The number of nitrogens with one attached hydrogen (secondary N) is 3. The predicted octanol–water partition coefficient (Wildman–Crippen LogP) is 3.42. The first-order valence-corrected chi connectivity index (χ1v) is 14.5. The Morgan fingerprint density at radius 2 is 1.71 bits per heavy atom. The van der Waals surface area contributed by atoms with Gasteiger partial charge in [0.15, 0.2) is 5.78 Å². The molecule has 2 aromatic carbocycles. The van der Waals surface area contributed by atoms with Gasteiger partial charge in [-0.1, -0.05) is 44.9 Å². The van der Waals surface area contributed by atoms with E-state index in [0.29, 0.717) is 18.5 Å². The highest BCUT2D eigenvalue weighted by Gasteiger charge is 2.40. The van der Waals surface area contributed by atoms with Crippen molar-refractivity contribution >= 4 is 33.3 Å². The molecule has 0 spiro atoms. The maximum absolute atomic E-state index is 13.3. The fourth-order valence-corrected chi connectivity index (χ4v) is 6.32. The smallest absolute Gasteiger partial charge is 0.261 e. The summed E-state index contributed by atoms with van der Waals surface area (Å²) in [5.74, 6) is -1.03. The minimum atomic E-state index is -3.76. The van der Waals surface area contributed by atoms with Crippen LogP contribution in [0.2, 0.25) is 0 Å². The fraction of sp³-hybridized carbons (Fsp3) is 0.464. The van der Waals surface area contributed by atoms with E-state index < -0.39 is 33.9 Å². The van der Waals surface area contributed by atoms with E-state index in [1.54, 1.807) is 18.2 Å². The summed E-state index contributed by atoms with van der Waals surface area (Å²) in [5.41, 5.74) is 0.507. The number of ether oxygens (including phenoxy) is 1. The topological polar surface area (TPSA) is 131 Å². The van der Waals surface area contributed by atoms with Gasteiger partial charge in [-0.3, -0.25) is 19.1 Å². The second kappa shape index (κ2) is 11.7. The summed E-state index contributed by atoms with van der Waals surface area (Å²) in [5, 5.41) is 5.68.